The van der Waals surface area contributed by atoms with Gasteiger partial charge in [-0.1, -0.05) is 54.6 Å². The molecule has 1 aliphatic rings. The highest BCUT2D eigenvalue weighted by atomic mass is 32.2. The van der Waals surface area contributed by atoms with Crippen LogP contribution in [-0.4, -0.2) is 25.1 Å². The molecule has 0 unspecified atom stereocenters. The first-order chi connectivity index (χ1) is 11.0. The van der Waals surface area contributed by atoms with Crippen LogP contribution in [0, 0.1) is 6.92 Å². The molecule has 4 nitrogen and oxygen atoms in total. The topological polar surface area (TPSA) is 49.7 Å². The third-order valence-corrected chi connectivity index (χ3v) is 5.55. The molecule has 0 amide bonds. The molecular weight excluding hydrogens is 308 g/mol. The van der Waals surface area contributed by atoms with Gasteiger partial charge in [-0.2, -0.15) is 0 Å². The fourth-order valence-corrected chi connectivity index (χ4v) is 4.01. The zero-order chi connectivity index (χ0) is 16.4. The predicted octanol–water partition coefficient (Wildman–Crippen LogP) is 3.15. The molecule has 1 aliphatic heterocycles. The summed E-state index contributed by atoms with van der Waals surface area (Å²) < 4.78 is 27.2. The number of hydrogen-bond acceptors (Lipinski definition) is 3. The first kappa shape index (κ1) is 15.5. The van der Waals surface area contributed by atoms with Crippen LogP contribution in [0.2, 0.25) is 0 Å². The molecular formula is C18H18N2O2S. The van der Waals surface area contributed by atoms with Crippen LogP contribution in [0.25, 0.3) is 0 Å². The van der Waals surface area contributed by atoms with Gasteiger partial charge in [0.2, 0.25) is 0 Å². The summed E-state index contributed by atoms with van der Waals surface area (Å²) in [6.07, 6.45) is 0.463. The molecule has 0 N–H and O–H groups in total. The van der Waals surface area contributed by atoms with Gasteiger partial charge in [0.25, 0.3) is 10.0 Å². The van der Waals surface area contributed by atoms with Gasteiger partial charge in [0.05, 0.1) is 17.1 Å². The Morgan fingerprint density at radius 1 is 1.09 bits per heavy atom. The molecule has 0 radical (unpaired) electrons. The maximum absolute atomic E-state index is 12.9. The monoisotopic (exact) mass is 326 g/mol. The summed E-state index contributed by atoms with van der Waals surface area (Å²) >= 11 is 0. The lowest BCUT2D eigenvalue weighted by molar-refractivity contribution is 0.557. The summed E-state index contributed by atoms with van der Waals surface area (Å²) in [5.41, 5.74) is 2.52. The Kier molecular flexibility index (Phi) is 4.05. The summed E-state index contributed by atoms with van der Waals surface area (Å²) in [5.74, 6) is 0.516. The molecule has 0 aliphatic carbocycles. The van der Waals surface area contributed by atoms with Gasteiger partial charge in [0.15, 0.2) is 0 Å². The van der Waals surface area contributed by atoms with Gasteiger partial charge in [-0.15, -0.1) is 0 Å². The number of amidine groups is 1. The van der Waals surface area contributed by atoms with Crippen LogP contribution in [0.1, 0.15) is 11.1 Å². The minimum Gasteiger partial charge on any atom is -0.264 e. The van der Waals surface area contributed by atoms with Crippen molar-refractivity contribution < 1.29 is 8.42 Å². The van der Waals surface area contributed by atoms with Crippen molar-refractivity contribution in [1.82, 2.24) is 4.31 Å². The van der Waals surface area contributed by atoms with Crippen molar-refractivity contribution in [3.05, 3.63) is 78.0 Å². The highest BCUT2D eigenvalue weighted by Gasteiger charge is 2.33. The normalized spacial score (nSPS) is 14.9. The average molecular weight is 326 g/mol. The Labute approximate surface area is 136 Å². The number of sulfonamides is 1. The van der Waals surface area contributed by atoms with Gasteiger partial charge in [-0.25, -0.2) is 12.7 Å². The molecule has 0 saturated heterocycles. The smallest absolute Gasteiger partial charge is 0.264 e. The third kappa shape index (κ3) is 3.05. The van der Waals surface area contributed by atoms with E-state index in [0.717, 1.165) is 11.1 Å². The van der Waals surface area contributed by atoms with Crippen LogP contribution in [0.4, 0.5) is 0 Å². The van der Waals surface area contributed by atoms with Crippen molar-refractivity contribution in [2.75, 3.05) is 6.54 Å². The predicted molar refractivity (Wildman–Crippen MR) is 91.8 cm³/mol. The van der Waals surface area contributed by atoms with Gasteiger partial charge in [0, 0.05) is 6.42 Å². The SMILES string of the molecule is C=C1CN=C(Cc2ccccc2)N1S(=O)(=O)c1ccc(C)cc1. The highest BCUT2D eigenvalue weighted by molar-refractivity contribution is 7.89. The molecule has 3 rings (SSSR count). The molecule has 5 heteroatoms. The van der Waals surface area contributed by atoms with E-state index in [4.69, 9.17) is 0 Å². The van der Waals surface area contributed by atoms with E-state index in [1.807, 2.05) is 37.3 Å². The summed E-state index contributed by atoms with van der Waals surface area (Å²) in [6, 6.07) is 16.5. The largest absolute Gasteiger partial charge is 0.269 e. The van der Waals surface area contributed by atoms with E-state index in [-0.39, 0.29) is 4.90 Å². The molecule has 2 aromatic rings. The number of hydrogen-bond donors (Lipinski definition) is 0. The van der Waals surface area contributed by atoms with Gasteiger partial charge < -0.3 is 0 Å². The quantitative estimate of drug-likeness (QED) is 0.866. The third-order valence-electron chi connectivity index (χ3n) is 3.73. The molecule has 0 spiro atoms. The van der Waals surface area contributed by atoms with E-state index < -0.39 is 10.0 Å². The van der Waals surface area contributed by atoms with Gasteiger partial charge in [-0.3, -0.25) is 4.99 Å². The fraction of sp³-hybridized carbons (Fsp3) is 0.167. The van der Waals surface area contributed by atoms with Crippen molar-refractivity contribution in [3.63, 3.8) is 0 Å². The summed E-state index contributed by atoms with van der Waals surface area (Å²) in [5, 5.41) is 0. The van der Waals surface area contributed by atoms with E-state index in [1.54, 1.807) is 24.3 Å². The number of nitrogens with zero attached hydrogens (tertiary/aromatic N) is 2. The number of rotatable bonds is 4. The number of benzene rings is 2. The highest BCUT2D eigenvalue weighted by Crippen LogP contribution is 2.25. The zero-order valence-electron chi connectivity index (χ0n) is 12.9. The molecule has 23 heavy (non-hydrogen) atoms. The van der Waals surface area contributed by atoms with E-state index >= 15 is 0 Å². The van der Waals surface area contributed by atoms with Gasteiger partial charge in [-0.05, 0) is 24.6 Å². The van der Waals surface area contributed by atoms with Crippen LogP contribution < -0.4 is 0 Å². The molecule has 0 fully saturated rings. The van der Waals surface area contributed by atoms with Gasteiger partial charge in [0.1, 0.15) is 5.84 Å². The molecule has 0 saturated carbocycles. The summed E-state index contributed by atoms with van der Waals surface area (Å²) in [7, 11) is -3.67. The van der Waals surface area contributed by atoms with Crippen LogP contribution in [0.3, 0.4) is 0 Å². The summed E-state index contributed by atoms with van der Waals surface area (Å²) in [6.45, 7) is 6.11. The second kappa shape index (κ2) is 6.01. The Bertz CT molecular complexity index is 854. The first-order valence-corrected chi connectivity index (χ1v) is 8.79. The molecule has 118 valence electrons. The fourth-order valence-electron chi connectivity index (χ4n) is 2.52. The van der Waals surface area contributed by atoms with E-state index in [0.29, 0.717) is 24.5 Å². The second-order valence-electron chi connectivity index (χ2n) is 5.54. The zero-order valence-corrected chi connectivity index (χ0v) is 13.8. The molecule has 0 atom stereocenters. The maximum Gasteiger partial charge on any atom is 0.269 e. The lowest BCUT2D eigenvalue weighted by Crippen LogP contribution is -2.33. The molecule has 0 bridgehead atoms. The minimum atomic E-state index is -3.67. The lowest BCUT2D eigenvalue weighted by Gasteiger charge is -2.21. The lowest BCUT2D eigenvalue weighted by atomic mass is 10.1. The van der Waals surface area contributed by atoms with Crippen LogP contribution in [0.5, 0.6) is 0 Å². The molecule has 1 heterocycles. The Balaban J connectivity index is 1.94. The minimum absolute atomic E-state index is 0.256. The van der Waals surface area contributed by atoms with E-state index in [9.17, 15) is 8.42 Å². The van der Waals surface area contributed by atoms with Crippen molar-refractivity contribution in [1.29, 1.82) is 0 Å². The Hall–Kier alpha value is -2.40. The van der Waals surface area contributed by atoms with E-state index in [1.165, 1.54) is 4.31 Å². The number of aryl methyl sites for hydroxylation is 1. The molecule has 0 aromatic heterocycles. The second-order valence-corrected chi connectivity index (χ2v) is 7.33. The number of aliphatic imine (C=N–C) groups is 1. The van der Waals surface area contributed by atoms with Crippen LogP contribution in [0.15, 0.2) is 76.8 Å². The van der Waals surface area contributed by atoms with Crippen LogP contribution in [-0.2, 0) is 16.4 Å². The van der Waals surface area contributed by atoms with E-state index in [2.05, 4.69) is 11.6 Å². The first-order valence-electron chi connectivity index (χ1n) is 7.35. The van der Waals surface area contributed by atoms with Crippen molar-refractivity contribution >= 4 is 15.9 Å². The van der Waals surface area contributed by atoms with Crippen molar-refractivity contribution in [3.8, 4) is 0 Å². The van der Waals surface area contributed by atoms with Crippen molar-refractivity contribution in [2.45, 2.75) is 18.2 Å². The Morgan fingerprint density at radius 3 is 2.39 bits per heavy atom. The van der Waals surface area contributed by atoms with Crippen molar-refractivity contribution in [2.24, 2.45) is 4.99 Å². The van der Waals surface area contributed by atoms with Gasteiger partial charge >= 0.3 is 0 Å². The Morgan fingerprint density at radius 2 is 1.74 bits per heavy atom. The average Bonchev–Trinajstić information content (AvgIpc) is 2.90. The molecule has 2 aromatic carbocycles. The standard InChI is InChI=1S/C18H18N2O2S/c1-14-8-10-17(11-9-14)23(21,22)20-15(2)13-19-18(20)12-16-6-4-3-5-7-16/h3-11H,2,12-13H2,1H3. The van der Waals surface area contributed by atoms with Crippen LogP contribution >= 0.6 is 0 Å². The maximum atomic E-state index is 12.9. The summed E-state index contributed by atoms with van der Waals surface area (Å²) in [4.78, 5) is 4.62.